The van der Waals surface area contributed by atoms with Gasteiger partial charge in [-0.25, -0.2) is 4.79 Å². The lowest BCUT2D eigenvalue weighted by molar-refractivity contribution is 0.101. The number of aryl methyl sites for hydroxylation is 1. The number of nitrogens with zero attached hydrogens (tertiary/aromatic N) is 3. The zero-order chi connectivity index (χ0) is 17.8. The Bertz CT molecular complexity index is 769. The monoisotopic (exact) mass is 341 g/mol. The maximum absolute atomic E-state index is 12.6. The van der Waals surface area contributed by atoms with E-state index in [9.17, 15) is 9.59 Å². The van der Waals surface area contributed by atoms with Crippen LogP contribution in [0.5, 0.6) is 0 Å². The molecule has 0 saturated carbocycles. The van der Waals surface area contributed by atoms with Gasteiger partial charge in [0.05, 0.1) is 6.54 Å². The number of nitrogens with one attached hydrogen (secondary N) is 2. The lowest BCUT2D eigenvalue weighted by Gasteiger charge is -2.27. The van der Waals surface area contributed by atoms with Crippen molar-refractivity contribution in [2.75, 3.05) is 18.4 Å². The molecule has 3 rings (SSSR count). The van der Waals surface area contributed by atoms with Gasteiger partial charge in [-0.2, -0.15) is 5.10 Å². The summed E-state index contributed by atoms with van der Waals surface area (Å²) >= 11 is 0. The van der Waals surface area contributed by atoms with Gasteiger partial charge in [0.2, 0.25) is 0 Å². The number of hydrogen-bond donors (Lipinski definition) is 2. The van der Waals surface area contributed by atoms with Crippen molar-refractivity contribution in [3.8, 4) is 0 Å². The zero-order valence-corrected chi connectivity index (χ0v) is 14.6. The van der Waals surface area contributed by atoms with Gasteiger partial charge in [0, 0.05) is 43.5 Å². The Hall–Kier alpha value is -2.83. The third-order valence-electron chi connectivity index (χ3n) is 4.30. The average Bonchev–Trinajstić information content (AvgIpc) is 2.97. The van der Waals surface area contributed by atoms with Gasteiger partial charge < -0.3 is 15.5 Å². The van der Waals surface area contributed by atoms with Crippen LogP contribution in [0.3, 0.4) is 0 Å². The molecule has 1 aromatic heterocycles. The van der Waals surface area contributed by atoms with Crippen molar-refractivity contribution in [2.24, 2.45) is 7.05 Å². The fourth-order valence-corrected chi connectivity index (χ4v) is 3.00. The molecule has 0 fully saturated rings. The van der Waals surface area contributed by atoms with E-state index < -0.39 is 0 Å². The second kappa shape index (κ2) is 7.38. The van der Waals surface area contributed by atoms with Crippen LogP contribution in [-0.2, 0) is 20.0 Å². The number of benzene rings is 1. The SMILES string of the molecule is CCCNC(=O)N1CCc2c(c(C(=O)Nc3ccccc3)nn2C)C1. The van der Waals surface area contributed by atoms with Crippen LogP contribution in [0, 0.1) is 0 Å². The Balaban J connectivity index is 1.79. The van der Waals surface area contributed by atoms with Gasteiger partial charge in [-0.05, 0) is 18.6 Å². The van der Waals surface area contributed by atoms with Gasteiger partial charge in [0.15, 0.2) is 5.69 Å². The number of aromatic nitrogens is 2. The highest BCUT2D eigenvalue weighted by molar-refractivity contribution is 6.04. The molecule has 2 N–H and O–H groups in total. The minimum Gasteiger partial charge on any atom is -0.338 e. The second-order valence-electron chi connectivity index (χ2n) is 6.12. The standard InChI is InChI=1S/C18H23N5O2/c1-3-10-19-18(25)23-11-9-15-14(12-23)16(21-22(15)2)17(24)20-13-7-5-4-6-8-13/h4-8H,3,9-12H2,1-2H3,(H,19,25)(H,20,24). The molecular formula is C18H23N5O2. The highest BCUT2D eigenvalue weighted by atomic mass is 16.2. The summed E-state index contributed by atoms with van der Waals surface area (Å²) in [6.45, 7) is 3.69. The number of rotatable bonds is 4. The van der Waals surface area contributed by atoms with Crippen LogP contribution in [0.4, 0.5) is 10.5 Å². The number of urea groups is 1. The molecule has 0 aliphatic carbocycles. The summed E-state index contributed by atoms with van der Waals surface area (Å²) in [5.41, 5.74) is 2.95. The molecule has 7 heteroatoms. The first kappa shape index (κ1) is 17.0. The van der Waals surface area contributed by atoms with E-state index in [0.717, 1.165) is 23.4 Å². The Kier molecular flexibility index (Phi) is 5.02. The van der Waals surface area contributed by atoms with Crippen LogP contribution in [0.1, 0.15) is 35.1 Å². The fraction of sp³-hybridized carbons (Fsp3) is 0.389. The highest BCUT2D eigenvalue weighted by Gasteiger charge is 2.29. The number of para-hydroxylation sites is 1. The maximum atomic E-state index is 12.6. The van der Waals surface area contributed by atoms with Crippen LogP contribution in [0.15, 0.2) is 30.3 Å². The minimum absolute atomic E-state index is 0.0919. The molecular weight excluding hydrogens is 318 g/mol. The van der Waals surface area contributed by atoms with Crippen LogP contribution < -0.4 is 10.6 Å². The molecule has 0 saturated heterocycles. The van der Waals surface area contributed by atoms with Crippen LogP contribution in [0.25, 0.3) is 0 Å². The molecule has 0 unspecified atom stereocenters. The van der Waals surface area contributed by atoms with Gasteiger partial charge >= 0.3 is 6.03 Å². The zero-order valence-electron chi connectivity index (χ0n) is 14.6. The third kappa shape index (κ3) is 3.65. The molecule has 2 aromatic rings. The summed E-state index contributed by atoms with van der Waals surface area (Å²) < 4.78 is 1.75. The Labute approximate surface area is 147 Å². The lowest BCUT2D eigenvalue weighted by Crippen LogP contribution is -2.43. The predicted molar refractivity (Wildman–Crippen MR) is 95.4 cm³/mol. The molecule has 0 radical (unpaired) electrons. The van der Waals surface area contributed by atoms with E-state index in [1.54, 1.807) is 9.58 Å². The van der Waals surface area contributed by atoms with Crippen LogP contribution >= 0.6 is 0 Å². The van der Waals surface area contributed by atoms with Crippen LogP contribution in [-0.4, -0.2) is 39.7 Å². The summed E-state index contributed by atoms with van der Waals surface area (Å²) in [5.74, 6) is -0.251. The Morgan fingerprint density at radius 2 is 2.00 bits per heavy atom. The first-order chi connectivity index (χ1) is 12.1. The molecule has 3 amide bonds. The van der Waals surface area contributed by atoms with E-state index in [1.165, 1.54) is 0 Å². The summed E-state index contributed by atoms with van der Waals surface area (Å²) in [5, 5.41) is 10.1. The first-order valence-corrected chi connectivity index (χ1v) is 8.54. The van der Waals surface area contributed by atoms with Gasteiger partial charge in [-0.3, -0.25) is 9.48 Å². The normalized spacial score (nSPS) is 13.3. The predicted octanol–water partition coefficient (Wildman–Crippen LogP) is 2.15. The van der Waals surface area contributed by atoms with Crippen molar-refractivity contribution >= 4 is 17.6 Å². The number of hydrogen-bond acceptors (Lipinski definition) is 3. The van der Waals surface area contributed by atoms with Crippen molar-refractivity contribution in [2.45, 2.75) is 26.3 Å². The number of fused-ring (bicyclic) bond motifs is 1. The van der Waals surface area contributed by atoms with E-state index in [2.05, 4.69) is 15.7 Å². The van der Waals surface area contributed by atoms with Gasteiger partial charge in [0.25, 0.3) is 5.91 Å². The van der Waals surface area contributed by atoms with Crippen molar-refractivity contribution in [1.29, 1.82) is 0 Å². The largest absolute Gasteiger partial charge is 0.338 e. The molecule has 132 valence electrons. The van der Waals surface area contributed by atoms with E-state index in [4.69, 9.17) is 0 Å². The molecule has 25 heavy (non-hydrogen) atoms. The van der Waals surface area contributed by atoms with E-state index in [-0.39, 0.29) is 11.9 Å². The highest BCUT2D eigenvalue weighted by Crippen LogP contribution is 2.23. The molecule has 0 bridgehead atoms. The fourth-order valence-electron chi connectivity index (χ4n) is 3.00. The number of carbonyl (C=O) groups is 2. The summed E-state index contributed by atoms with van der Waals surface area (Å²) in [4.78, 5) is 26.6. The number of anilines is 1. The van der Waals surface area contributed by atoms with Gasteiger partial charge in [0.1, 0.15) is 0 Å². The third-order valence-corrected chi connectivity index (χ3v) is 4.30. The van der Waals surface area contributed by atoms with Crippen molar-refractivity contribution in [3.05, 3.63) is 47.3 Å². The molecule has 0 atom stereocenters. The Morgan fingerprint density at radius 3 is 2.72 bits per heavy atom. The molecule has 2 heterocycles. The van der Waals surface area contributed by atoms with E-state index in [1.807, 2.05) is 44.3 Å². The topological polar surface area (TPSA) is 79.3 Å². The quantitative estimate of drug-likeness (QED) is 0.894. The van der Waals surface area contributed by atoms with Crippen molar-refractivity contribution in [1.82, 2.24) is 20.0 Å². The average molecular weight is 341 g/mol. The van der Waals surface area contributed by atoms with Crippen molar-refractivity contribution in [3.63, 3.8) is 0 Å². The number of amides is 3. The lowest BCUT2D eigenvalue weighted by atomic mass is 10.0. The summed E-state index contributed by atoms with van der Waals surface area (Å²) in [6.07, 6.45) is 1.58. The van der Waals surface area contributed by atoms with Crippen LogP contribution in [0.2, 0.25) is 0 Å². The first-order valence-electron chi connectivity index (χ1n) is 8.54. The molecule has 7 nitrogen and oxygen atoms in total. The summed E-state index contributed by atoms with van der Waals surface area (Å²) in [6, 6.07) is 9.19. The smallest absolute Gasteiger partial charge is 0.317 e. The molecule has 1 aromatic carbocycles. The van der Waals surface area contributed by atoms with Gasteiger partial charge in [-0.1, -0.05) is 25.1 Å². The number of carbonyl (C=O) groups excluding carboxylic acids is 2. The molecule has 1 aliphatic heterocycles. The van der Waals surface area contributed by atoms with Crippen molar-refractivity contribution < 1.29 is 9.59 Å². The summed E-state index contributed by atoms with van der Waals surface area (Å²) in [7, 11) is 1.84. The molecule has 1 aliphatic rings. The second-order valence-corrected chi connectivity index (χ2v) is 6.12. The van der Waals surface area contributed by atoms with Gasteiger partial charge in [-0.15, -0.1) is 0 Å². The molecule has 0 spiro atoms. The minimum atomic E-state index is -0.251. The van der Waals surface area contributed by atoms with E-state index in [0.29, 0.717) is 31.7 Å². The maximum Gasteiger partial charge on any atom is 0.317 e. The van der Waals surface area contributed by atoms with E-state index >= 15 is 0 Å². The Morgan fingerprint density at radius 1 is 1.24 bits per heavy atom.